The van der Waals surface area contributed by atoms with E-state index in [1.54, 1.807) is 32.9 Å². The van der Waals surface area contributed by atoms with Crippen molar-refractivity contribution in [3.63, 3.8) is 0 Å². The van der Waals surface area contributed by atoms with Gasteiger partial charge < -0.3 is 11.1 Å². The Morgan fingerprint density at radius 1 is 1.50 bits per heavy atom. The fourth-order valence-corrected chi connectivity index (χ4v) is 1.17. The van der Waals surface area contributed by atoms with Crippen LogP contribution >= 0.6 is 0 Å². The van der Waals surface area contributed by atoms with E-state index in [1.807, 2.05) is 0 Å². The van der Waals surface area contributed by atoms with Crippen LogP contribution in [0.2, 0.25) is 0 Å². The van der Waals surface area contributed by atoms with Crippen LogP contribution < -0.4 is 11.1 Å². The van der Waals surface area contributed by atoms with E-state index in [0.29, 0.717) is 5.56 Å². The van der Waals surface area contributed by atoms with Gasteiger partial charge in [0.2, 0.25) is 5.91 Å². The van der Waals surface area contributed by atoms with Crippen LogP contribution in [0.4, 0.5) is 10.1 Å². The molecule has 3 N–H and O–H groups in total. The molecule has 0 aromatic heterocycles. The third-order valence-electron chi connectivity index (χ3n) is 2.59. The van der Waals surface area contributed by atoms with Crippen molar-refractivity contribution in [1.29, 1.82) is 0 Å². The number of nitrogens with one attached hydrogen (secondary N) is 1. The van der Waals surface area contributed by atoms with Crippen LogP contribution in [0.3, 0.4) is 0 Å². The van der Waals surface area contributed by atoms with E-state index in [1.165, 1.54) is 6.07 Å². The number of benzene rings is 1. The first-order valence-corrected chi connectivity index (χ1v) is 5.15. The summed E-state index contributed by atoms with van der Waals surface area (Å²) in [5, 5.41) is 2.58. The molecule has 0 radical (unpaired) electrons. The Morgan fingerprint density at radius 3 is 2.62 bits per heavy atom. The van der Waals surface area contributed by atoms with Crippen LogP contribution in [0.15, 0.2) is 18.2 Å². The van der Waals surface area contributed by atoms with Crippen molar-refractivity contribution < 1.29 is 9.18 Å². The first kappa shape index (κ1) is 12.6. The lowest BCUT2D eigenvalue weighted by Crippen LogP contribution is -2.37. The van der Waals surface area contributed by atoms with Crippen LogP contribution in [0.25, 0.3) is 0 Å². The minimum Gasteiger partial charge on any atom is -0.329 e. The molecule has 0 atom stereocenters. The summed E-state index contributed by atoms with van der Waals surface area (Å²) >= 11 is 0. The number of anilines is 1. The van der Waals surface area contributed by atoms with E-state index in [0.717, 1.165) is 0 Å². The van der Waals surface area contributed by atoms with Gasteiger partial charge in [-0.15, -0.1) is 0 Å². The Morgan fingerprint density at radius 2 is 2.12 bits per heavy atom. The van der Waals surface area contributed by atoms with Gasteiger partial charge in [0.25, 0.3) is 0 Å². The van der Waals surface area contributed by atoms with Crippen molar-refractivity contribution >= 4 is 11.6 Å². The highest BCUT2D eigenvalue weighted by Gasteiger charge is 2.26. The van der Waals surface area contributed by atoms with E-state index < -0.39 is 11.2 Å². The zero-order valence-corrected chi connectivity index (χ0v) is 9.80. The molecule has 88 valence electrons. The summed E-state index contributed by atoms with van der Waals surface area (Å²) < 4.78 is 13.5. The number of hydrogen-bond donors (Lipinski definition) is 2. The molecular weight excluding hydrogens is 207 g/mol. The molecule has 1 rings (SSSR count). The Balaban J connectivity index is 2.94. The molecule has 1 aromatic carbocycles. The van der Waals surface area contributed by atoms with Crippen LogP contribution in [0.5, 0.6) is 0 Å². The average molecular weight is 224 g/mol. The molecule has 0 heterocycles. The Labute approximate surface area is 94.8 Å². The molecule has 0 spiro atoms. The zero-order chi connectivity index (χ0) is 12.3. The van der Waals surface area contributed by atoms with E-state index in [9.17, 15) is 9.18 Å². The monoisotopic (exact) mass is 224 g/mol. The van der Waals surface area contributed by atoms with Gasteiger partial charge in [0.1, 0.15) is 5.82 Å². The average Bonchev–Trinajstić information content (AvgIpc) is 2.23. The maximum absolute atomic E-state index is 13.5. The first-order chi connectivity index (χ1) is 7.38. The molecule has 0 aliphatic rings. The summed E-state index contributed by atoms with van der Waals surface area (Å²) in [7, 11) is 0. The van der Waals surface area contributed by atoms with Gasteiger partial charge in [0, 0.05) is 6.54 Å². The van der Waals surface area contributed by atoms with Crippen LogP contribution in [-0.4, -0.2) is 12.5 Å². The molecule has 0 bridgehead atoms. The van der Waals surface area contributed by atoms with E-state index in [-0.39, 0.29) is 18.1 Å². The quantitative estimate of drug-likeness (QED) is 0.825. The van der Waals surface area contributed by atoms with Crippen molar-refractivity contribution in [2.45, 2.75) is 20.8 Å². The van der Waals surface area contributed by atoms with E-state index in [4.69, 9.17) is 5.73 Å². The summed E-state index contributed by atoms with van der Waals surface area (Å²) in [5.41, 5.74) is 5.71. The zero-order valence-electron chi connectivity index (χ0n) is 9.80. The highest BCUT2D eigenvalue weighted by Crippen LogP contribution is 2.22. The number of amides is 1. The number of carbonyl (C=O) groups is 1. The van der Waals surface area contributed by atoms with Gasteiger partial charge in [-0.1, -0.05) is 12.1 Å². The second-order valence-electron chi connectivity index (χ2n) is 4.47. The van der Waals surface area contributed by atoms with E-state index in [2.05, 4.69) is 5.32 Å². The number of nitrogens with two attached hydrogens (primary N) is 1. The molecular formula is C12H17FN2O. The molecule has 16 heavy (non-hydrogen) atoms. The fraction of sp³-hybridized carbons (Fsp3) is 0.417. The summed E-state index contributed by atoms with van der Waals surface area (Å²) in [5.74, 6) is -0.704. The van der Waals surface area contributed by atoms with Gasteiger partial charge >= 0.3 is 0 Å². The second-order valence-corrected chi connectivity index (χ2v) is 4.47. The molecule has 0 saturated heterocycles. The topological polar surface area (TPSA) is 55.1 Å². The fourth-order valence-electron chi connectivity index (χ4n) is 1.17. The highest BCUT2D eigenvalue weighted by atomic mass is 19.1. The molecule has 4 heteroatoms. The number of carbonyl (C=O) groups excluding carboxylic acids is 1. The molecule has 0 fully saturated rings. The predicted molar refractivity (Wildman–Crippen MR) is 62.6 cm³/mol. The van der Waals surface area contributed by atoms with Crippen molar-refractivity contribution in [2.75, 3.05) is 11.9 Å². The maximum Gasteiger partial charge on any atom is 0.231 e. The number of halogens is 1. The Hall–Kier alpha value is -1.42. The standard InChI is InChI=1S/C12H17FN2O/c1-8-5-4-6-9(13)10(8)15-11(16)12(2,3)7-14/h4-6H,7,14H2,1-3H3,(H,15,16). The van der Waals surface area contributed by atoms with Crippen molar-refractivity contribution in [1.82, 2.24) is 0 Å². The SMILES string of the molecule is Cc1cccc(F)c1NC(=O)C(C)(C)CN. The lowest BCUT2D eigenvalue weighted by molar-refractivity contribution is -0.123. The highest BCUT2D eigenvalue weighted by molar-refractivity contribution is 5.95. The molecule has 1 aromatic rings. The molecule has 0 aliphatic carbocycles. The number of aryl methyl sites for hydroxylation is 1. The van der Waals surface area contributed by atoms with Crippen molar-refractivity contribution in [3.8, 4) is 0 Å². The third-order valence-corrected chi connectivity index (χ3v) is 2.59. The number of rotatable bonds is 3. The Bertz CT molecular complexity index is 382. The van der Waals surface area contributed by atoms with Crippen LogP contribution in [0.1, 0.15) is 19.4 Å². The molecule has 0 saturated carbocycles. The predicted octanol–water partition coefficient (Wildman–Crippen LogP) is 2.06. The maximum atomic E-state index is 13.5. The molecule has 0 aliphatic heterocycles. The van der Waals surface area contributed by atoms with Gasteiger partial charge in [0.15, 0.2) is 0 Å². The first-order valence-electron chi connectivity index (χ1n) is 5.15. The van der Waals surface area contributed by atoms with Gasteiger partial charge in [-0.25, -0.2) is 4.39 Å². The van der Waals surface area contributed by atoms with Gasteiger partial charge in [-0.05, 0) is 32.4 Å². The van der Waals surface area contributed by atoms with Crippen LogP contribution in [0, 0.1) is 18.2 Å². The summed E-state index contributed by atoms with van der Waals surface area (Å²) in [6.07, 6.45) is 0. The molecule has 3 nitrogen and oxygen atoms in total. The number of para-hydroxylation sites is 1. The third kappa shape index (κ3) is 2.58. The summed E-state index contributed by atoms with van der Waals surface area (Å²) in [6.45, 7) is 5.40. The van der Waals surface area contributed by atoms with Crippen LogP contribution in [-0.2, 0) is 4.79 Å². The lowest BCUT2D eigenvalue weighted by Gasteiger charge is -2.22. The summed E-state index contributed by atoms with van der Waals surface area (Å²) in [6, 6.07) is 4.67. The molecule has 1 amide bonds. The number of hydrogen-bond acceptors (Lipinski definition) is 2. The van der Waals surface area contributed by atoms with Crippen molar-refractivity contribution in [2.24, 2.45) is 11.1 Å². The Kier molecular flexibility index (Phi) is 3.65. The van der Waals surface area contributed by atoms with Gasteiger partial charge in [0.05, 0.1) is 11.1 Å². The second kappa shape index (κ2) is 4.61. The minimum atomic E-state index is -0.700. The van der Waals surface area contributed by atoms with Crippen molar-refractivity contribution in [3.05, 3.63) is 29.6 Å². The summed E-state index contributed by atoms with van der Waals surface area (Å²) in [4.78, 5) is 11.8. The lowest BCUT2D eigenvalue weighted by atomic mass is 9.92. The minimum absolute atomic E-state index is 0.215. The van der Waals surface area contributed by atoms with E-state index >= 15 is 0 Å². The van der Waals surface area contributed by atoms with Gasteiger partial charge in [-0.3, -0.25) is 4.79 Å². The smallest absolute Gasteiger partial charge is 0.231 e. The molecule has 0 unspecified atom stereocenters. The normalized spacial score (nSPS) is 11.3. The van der Waals surface area contributed by atoms with Gasteiger partial charge in [-0.2, -0.15) is 0 Å². The largest absolute Gasteiger partial charge is 0.329 e.